The Hall–Kier alpha value is -1.06. The van der Waals surface area contributed by atoms with Crippen molar-refractivity contribution in [3.63, 3.8) is 0 Å². The fourth-order valence-electron chi connectivity index (χ4n) is 1.46. The van der Waals surface area contributed by atoms with Gasteiger partial charge in [0, 0.05) is 6.42 Å². The predicted molar refractivity (Wildman–Crippen MR) is 70.3 cm³/mol. The van der Waals surface area contributed by atoms with E-state index >= 15 is 0 Å². The van der Waals surface area contributed by atoms with Gasteiger partial charge in [0.15, 0.2) is 0 Å². The van der Waals surface area contributed by atoms with Gasteiger partial charge in [-0.25, -0.2) is 4.79 Å². The summed E-state index contributed by atoms with van der Waals surface area (Å²) in [4.78, 5) is 22.5. The van der Waals surface area contributed by atoms with Gasteiger partial charge in [0.05, 0.1) is 0 Å². The molecule has 106 valence electrons. The van der Waals surface area contributed by atoms with E-state index in [4.69, 9.17) is 4.74 Å². The zero-order valence-corrected chi connectivity index (χ0v) is 12.1. The van der Waals surface area contributed by atoms with Crippen molar-refractivity contribution in [2.45, 2.75) is 78.2 Å². The summed E-state index contributed by atoms with van der Waals surface area (Å²) in [5, 5.41) is 0. The summed E-state index contributed by atoms with van der Waals surface area (Å²) in [6.07, 6.45) is 5.94. The number of unbranched alkanes of at least 4 members (excludes halogenated alkanes) is 5. The van der Waals surface area contributed by atoms with Crippen molar-refractivity contribution in [3.05, 3.63) is 0 Å². The molecule has 4 nitrogen and oxygen atoms in total. The third-order valence-electron chi connectivity index (χ3n) is 2.32. The van der Waals surface area contributed by atoms with Crippen LogP contribution in [0.25, 0.3) is 0 Å². The Bertz CT molecular complexity index is 253. The molecule has 0 atom stereocenters. The van der Waals surface area contributed by atoms with Crippen molar-refractivity contribution in [1.29, 1.82) is 0 Å². The smallest absolute Gasteiger partial charge is 0.428 e. The molecule has 0 fully saturated rings. The number of carbonyl (C=O) groups is 2. The molecule has 0 bridgehead atoms. The molecule has 0 amide bonds. The summed E-state index contributed by atoms with van der Waals surface area (Å²) < 4.78 is 9.44. The summed E-state index contributed by atoms with van der Waals surface area (Å²) in [5.74, 6) is -0.500. The van der Waals surface area contributed by atoms with Gasteiger partial charge in [-0.3, -0.25) is 4.79 Å². The van der Waals surface area contributed by atoms with Gasteiger partial charge >= 0.3 is 12.1 Å². The van der Waals surface area contributed by atoms with Crippen LogP contribution in [0.4, 0.5) is 4.79 Å². The minimum absolute atomic E-state index is 0.283. The lowest BCUT2D eigenvalue weighted by Crippen LogP contribution is -2.26. The maximum Gasteiger partial charge on any atom is 0.516 e. The minimum atomic E-state index is -0.904. The number of esters is 1. The lowest BCUT2D eigenvalue weighted by molar-refractivity contribution is -0.141. The van der Waals surface area contributed by atoms with Gasteiger partial charge < -0.3 is 9.47 Å². The highest BCUT2D eigenvalue weighted by atomic mass is 16.7. The second-order valence-electron chi connectivity index (χ2n) is 5.46. The third-order valence-corrected chi connectivity index (χ3v) is 2.32. The first-order valence-corrected chi connectivity index (χ1v) is 6.79. The van der Waals surface area contributed by atoms with E-state index < -0.39 is 17.7 Å². The van der Waals surface area contributed by atoms with Crippen LogP contribution in [0.1, 0.15) is 72.6 Å². The van der Waals surface area contributed by atoms with E-state index in [1.54, 1.807) is 20.8 Å². The maximum absolute atomic E-state index is 11.3. The van der Waals surface area contributed by atoms with Crippen molar-refractivity contribution in [3.8, 4) is 0 Å². The van der Waals surface area contributed by atoms with Crippen LogP contribution in [-0.2, 0) is 14.3 Å². The first-order chi connectivity index (χ1) is 8.35. The monoisotopic (exact) mass is 258 g/mol. The van der Waals surface area contributed by atoms with E-state index in [2.05, 4.69) is 11.7 Å². The van der Waals surface area contributed by atoms with Crippen LogP contribution in [0.15, 0.2) is 0 Å². The van der Waals surface area contributed by atoms with Crippen LogP contribution >= 0.6 is 0 Å². The molecule has 0 aliphatic carbocycles. The van der Waals surface area contributed by atoms with Crippen molar-refractivity contribution in [2.75, 3.05) is 0 Å². The first-order valence-electron chi connectivity index (χ1n) is 6.79. The molecular formula is C14H26O4. The van der Waals surface area contributed by atoms with E-state index in [-0.39, 0.29) is 6.42 Å². The summed E-state index contributed by atoms with van der Waals surface area (Å²) in [7, 11) is 0. The van der Waals surface area contributed by atoms with Gasteiger partial charge in [-0.1, -0.05) is 39.0 Å². The standard InChI is InChI=1S/C14H26O4/c1-5-6-7-8-9-10-11-12(15)17-13(16)18-14(2,3)4/h5-11H2,1-4H3. The molecule has 0 unspecified atom stereocenters. The largest absolute Gasteiger partial charge is 0.516 e. The molecule has 0 aromatic heterocycles. The van der Waals surface area contributed by atoms with Gasteiger partial charge in [0.25, 0.3) is 0 Å². The highest BCUT2D eigenvalue weighted by Gasteiger charge is 2.19. The topological polar surface area (TPSA) is 52.6 Å². The van der Waals surface area contributed by atoms with Gasteiger partial charge in [0.1, 0.15) is 5.60 Å². The summed E-state index contributed by atoms with van der Waals surface area (Å²) in [6.45, 7) is 7.35. The molecule has 18 heavy (non-hydrogen) atoms. The zero-order valence-electron chi connectivity index (χ0n) is 12.1. The Morgan fingerprint density at radius 1 is 0.944 bits per heavy atom. The number of carbonyl (C=O) groups excluding carboxylic acids is 2. The lowest BCUT2D eigenvalue weighted by Gasteiger charge is -2.18. The van der Waals surface area contributed by atoms with E-state index in [0.29, 0.717) is 0 Å². The van der Waals surface area contributed by atoms with Gasteiger partial charge in [0.2, 0.25) is 0 Å². The molecule has 0 saturated carbocycles. The van der Waals surface area contributed by atoms with Crippen LogP contribution in [-0.4, -0.2) is 17.7 Å². The van der Waals surface area contributed by atoms with Gasteiger partial charge in [-0.15, -0.1) is 0 Å². The van der Waals surface area contributed by atoms with Crippen LogP contribution in [0.2, 0.25) is 0 Å². The predicted octanol–water partition coefficient (Wildman–Crippen LogP) is 4.22. The number of rotatable bonds is 7. The highest BCUT2D eigenvalue weighted by Crippen LogP contribution is 2.10. The molecule has 0 N–H and O–H groups in total. The molecule has 0 radical (unpaired) electrons. The van der Waals surface area contributed by atoms with Gasteiger partial charge in [-0.2, -0.15) is 0 Å². The number of hydrogen-bond donors (Lipinski definition) is 0. The fourth-order valence-corrected chi connectivity index (χ4v) is 1.46. The summed E-state index contributed by atoms with van der Waals surface area (Å²) in [5.41, 5.74) is -0.627. The first kappa shape index (κ1) is 16.9. The third kappa shape index (κ3) is 11.4. The number of hydrogen-bond acceptors (Lipinski definition) is 4. The molecule has 0 aliphatic heterocycles. The van der Waals surface area contributed by atoms with Crippen LogP contribution < -0.4 is 0 Å². The Morgan fingerprint density at radius 3 is 2.06 bits per heavy atom. The summed E-state index contributed by atoms with van der Waals surface area (Å²) in [6, 6.07) is 0. The number of ether oxygens (including phenoxy) is 2. The van der Waals surface area contributed by atoms with Crippen molar-refractivity contribution in [2.24, 2.45) is 0 Å². The molecule has 0 saturated heterocycles. The maximum atomic E-state index is 11.3. The van der Waals surface area contributed by atoms with E-state index in [1.165, 1.54) is 19.3 Å². The van der Waals surface area contributed by atoms with Crippen LogP contribution in [0, 0.1) is 0 Å². The quantitative estimate of drug-likeness (QED) is 0.390. The molecule has 0 rings (SSSR count). The van der Waals surface area contributed by atoms with Crippen molar-refractivity contribution < 1.29 is 19.1 Å². The molecule has 0 aromatic carbocycles. The minimum Gasteiger partial charge on any atom is -0.428 e. The molecule has 0 spiro atoms. The van der Waals surface area contributed by atoms with E-state index in [9.17, 15) is 9.59 Å². The van der Waals surface area contributed by atoms with Crippen LogP contribution in [0.5, 0.6) is 0 Å². The van der Waals surface area contributed by atoms with Crippen molar-refractivity contribution >= 4 is 12.1 Å². The Morgan fingerprint density at radius 2 is 1.50 bits per heavy atom. The highest BCUT2D eigenvalue weighted by molar-refractivity contribution is 5.81. The Kier molecular flexibility index (Phi) is 8.42. The Labute approximate surface area is 110 Å². The normalized spacial score (nSPS) is 11.1. The zero-order chi connectivity index (χ0) is 14.0. The molecule has 0 heterocycles. The van der Waals surface area contributed by atoms with Crippen molar-refractivity contribution in [1.82, 2.24) is 0 Å². The Balaban J connectivity index is 3.56. The summed E-state index contributed by atoms with van der Waals surface area (Å²) >= 11 is 0. The van der Waals surface area contributed by atoms with Crippen LogP contribution in [0.3, 0.4) is 0 Å². The average Bonchev–Trinajstić information content (AvgIpc) is 2.20. The fraction of sp³-hybridized carbons (Fsp3) is 0.857. The lowest BCUT2D eigenvalue weighted by atomic mass is 10.1. The molecule has 4 heteroatoms. The van der Waals surface area contributed by atoms with Gasteiger partial charge in [-0.05, 0) is 27.2 Å². The van der Waals surface area contributed by atoms with E-state index in [0.717, 1.165) is 19.3 Å². The second kappa shape index (κ2) is 8.95. The van der Waals surface area contributed by atoms with E-state index in [1.807, 2.05) is 0 Å². The molecule has 0 aromatic rings. The SMILES string of the molecule is CCCCCCCCC(=O)OC(=O)OC(C)(C)C. The average molecular weight is 258 g/mol. The molecule has 0 aliphatic rings. The second-order valence-corrected chi connectivity index (χ2v) is 5.46. The molecular weight excluding hydrogens is 232 g/mol.